The molecule has 12 rings (SSSR count). The summed E-state index contributed by atoms with van der Waals surface area (Å²) in [5.74, 6) is 1.87. The van der Waals surface area contributed by atoms with Crippen LogP contribution in [0.3, 0.4) is 0 Å². The van der Waals surface area contributed by atoms with Crippen molar-refractivity contribution in [3.63, 3.8) is 0 Å². The molecular formula is C57H37N5. The van der Waals surface area contributed by atoms with Gasteiger partial charge in [-0.2, -0.15) is 0 Å². The number of para-hydroxylation sites is 4. The second kappa shape index (κ2) is 14.7. The summed E-state index contributed by atoms with van der Waals surface area (Å²) in [4.78, 5) is 15.4. The van der Waals surface area contributed by atoms with Crippen molar-refractivity contribution in [1.29, 1.82) is 0 Å². The summed E-state index contributed by atoms with van der Waals surface area (Å²) in [5.41, 5.74) is 14.0. The van der Waals surface area contributed by atoms with E-state index in [0.717, 1.165) is 55.8 Å². The number of benzene rings is 9. The molecule has 0 aliphatic carbocycles. The molecule has 0 radical (unpaired) electrons. The van der Waals surface area contributed by atoms with Crippen molar-refractivity contribution in [3.05, 3.63) is 224 Å². The molecule has 5 heteroatoms. The lowest BCUT2D eigenvalue weighted by molar-refractivity contribution is 1.07. The SMILES string of the molecule is c1ccc(-c2cc(-c3nc(-c4ccccc4)nc(-c4ccccc4)n3)cc(-n3c4ccccc4c4ccc(-c5cccc6c7ccccc7n(-c7ccccc7)c56)cc43)c2)cc1. The predicted octanol–water partition coefficient (Wildman–Crippen LogP) is 14.4. The number of nitrogens with zero attached hydrogens (tertiary/aromatic N) is 5. The summed E-state index contributed by atoms with van der Waals surface area (Å²) in [5, 5.41) is 4.84. The summed E-state index contributed by atoms with van der Waals surface area (Å²) in [7, 11) is 0. The maximum absolute atomic E-state index is 5.18. The fourth-order valence-corrected chi connectivity index (χ4v) is 9.12. The average molecular weight is 792 g/mol. The zero-order valence-corrected chi connectivity index (χ0v) is 33.6. The first kappa shape index (κ1) is 35.5. The lowest BCUT2D eigenvalue weighted by Crippen LogP contribution is -2.02. The van der Waals surface area contributed by atoms with Crippen LogP contribution in [0, 0.1) is 0 Å². The normalized spacial score (nSPS) is 11.5. The van der Waals surface area contributed by atoms with E-state index < -0.39 is 0 Å². The van der Waals surface area contributed by atoms with Crippen LogP contribution < -0.4 is 0 Å². The zero-order chi connectivity index (χ0) is 41.0. The Bertz CT molecular complexity index is 3550. The number of hydrogen-bond acceptors (Lipinski definition) is 3. The molecule has 0 saturated heterocycles. The van der Waals surface area contributed by atoms with Gasteiger partial charge >= 0.3 is 0 Å². The molecule has 3 heterocycles. The van der Waals surface area contributed by atoms with Gasteiger partial charge in [0.15, 0.2) is 17.5 Å². The molecule has 0 bridgehead atoms. The van der Waals surface area contributed by atoms with Crippen molar-refractivity contribution < 1.29 is 0 Å². The zero-order valence-electron chi connectivity index (χ0n) is 33.6. The number of aromatic nitrogens is 5. The lowest BCUT2D eigenvalue weighted by atomic mass is 10.00. The minimum absolute atomic E-state index is 0.610. The van der Waals surface area contributed by atoms with Crippen LogP contribution >= 0.6 is 0 Å². The molecule has 12 aromatic rings. The Morgan fingerprint density at radius 2 is 0.742 bits per heavy atom. The van der Waals surface area contributed by atoms with Crippen LogP contribution in [0.15, 0.2) is 224 Å². The highest BCUT2D eigenvalue weighted by Gasteiger charge is 2.20. The minimum atomic E-state index is 0.610. The summed E-state index contributed by atoms with van der Waals surface area (Å²) >= 11 is 0. The Balaban J connectivity index is 1.12. The quantitative estimate of drug-likeness (QED) is 0.162. The summed E-state index contributed by atoms with van der Waals surface area (Å²) in [6, 6.07) is 79.4. The van der Waals surface area contributed by atoms with E-state index in [4.69, 9.17) is 15.0 Å². The minimum Gasteiger partial charge on any atom is -0.309 e. The van der Waals surface area contributed by atoms with E-state index in [2.05, 4.69) is 197 Å². The molecule has 290 valence electrons. The molecule has 9 aromatic carbocycles. The van der Waals surface area contributed by atoms with Gasteiger partial charge in [0.05, 0.1) is 22.1 Å². The number of fused-ring (bicyclic) bond motifs is 6. The highest BCUT2D eigenvalue weighted by atomic mass is 15.0. The number of hydrogen-bond donors (Lipinski definition) is 0. The standard InChI is InChI=1S/C57H37N5/c1-5-18-38(19-6-1)42-34-43(57-59-55(39-20-7-2-8-21-39)58-56(60-57)40-22-9-3-10-23-40)36-45(35-42)61-51-30-15-13-26-47(51)49-33-32-41(37-53(49)61)46-28-17-29-50-48-27-14-16-31-52(48)62(54(46)50)44-24-11-4-12-25-44/h1-37H. The first-order chi connectivity index (χ1) is 30.7. The Morgan fingerprint density at radius 1 is 0.258 bits per heavy atom. The van der Waals surface area contributed by atoms with Gasteiger partial charge in [-0.1, -0.05) is 176 Å². The Morgan fingerprint density at radius 3 is 1.39 bits per heavy atom. The molecule has 0 aliphatic rings. The Labute approximate surface area is 358 Å². The third kappa shape index (κ3) is 5.98. The maximum atomic E-state index is 5.18. The van der Waals surface area contributed by atoms with Gasteiger partial charge in [0, 0.05) is 55.2 Å². The Kier molecular flexibility index (Phi) is 8.42. The first-order valence-corrected chi connectivity index (χ1v) is 20.9. The summed E-state index contributed by atoms with van der Waals surface area (Å²) < 4.78 is 4.83. The monoisotopic (exact) mass is 791 g/mol. The molecule has 0 atom stereocenters. The van der Waals surface area contributed by atoms with Crippen molar-refractivity contribution in [2.45, 2.75) is 0 Å². The molecule has 0 saturated carbocycles. The highest BCUT2D eigenvalue weighted by molar-refractivity contribution is 6.15. The van der Waals surface area contributed by atoms with Gasteiger partial charge in [0.25, 0.3) is 0 Å². The van der Waals surface area contributed by atoms with E-state index in [1.165, 1.54) is 38.1 Å². The molecular weight excluding hydrogens is 755 g/mol. The van der Waals surface area contributed by atoms with Gasteiger partial charge in [-0.3, -0.25) is 0 Å². The van der Waals surface area contributed by atoms with Crippen molar-refractivity contribution in [1.82, 2.24) is 24.1 Å². The maximum Gasteiger partial charge on any atom is 0.164 e. The van der Waals surface area contributed by atoms with Gasteiger partial charge < -0.3 is 9.13 Å². The predicted molar refractivity (Wildman–Crippen MR) is 256 cm³/mol. The van der Waals surface area contributed by atoms with E-state index in [-0.39, 0.29) is 0 Å². The van der Waals surface area contributed by atoms with Gasteiger partial charge in [0.2, 0.25) is 0 Å². The van der Waals surface area contributed by atoms with Crippen molar-refractivity contribution in [2.75, 3.05) is 0 Å². The largest absolute Gasteiger partial charge is 0.309 e. The van der Waals surface area contributed by atoms with Crippen LogP contribution in [0.1, 0.15) is 0 Å². The van der Waals surface area contributed by atoms with Gasteiger partial charge in [-0.05, 0) is 65.2 Å². The molecule has 3 aromatic heterocycles. The van der Waals surface area contributed by atoms with E-state index in [0.29, 0.717) is 17.5 Å². The summed E-state index contributed by atoms with van der Waals surface area (Å²) in [6.07, 6.45) is 0. The molecule has 0 spiro atoms. The van der Waals surface area contributed by atoms with Crippen LogP contribution in [0.5, 0.6) is 0 Å². The van der Waals surface area contributed by atoms with Crippen LogP contribution in [-0.4, -0.2) is 24.1 Å². The van der Waals surface area contributed by atoms with Crippen molar-refractivity contribution in [3.8, 4) is 67.8 Å². The fraction of sp³-hybridized carbons (Fsp3) is 0. The first-order valence-electron chi connectivity index (χ1n) is 20.9. The van der Waals surface area contributed by atoms with Crippen LogP contribution in [0.4, 0.5) is 0 Å². The van der Waals surface area contributed by atoms with Crippen molar-refractivity contribution >= 4 is 43.6 Å². The fourth-order valence-electron chi connectivity index (χ4n) is 9.12. The Hall–Kier alpha value is -8.41. The molecule has 62 heavy (non-hydrogen) atoms. The lowest BCUT2D eigenvalue weighted by Gasteiger charge is -2.15. The topological polar surface area (TPSA) is 48.5 Å². The highest BCUT2D eigenvalue weighted by Crippen LogP contribution is 2.41. The summed E-state index contributed by atoms with van der Waals surface area (Å²) in [6.45, 7) is 0. The smallest absolute Gasteiger partial charge is 0.164 e. The average Bonchev–Trinajstić information content (AvgIpc) is 3.87. The third-order valence-electron chi connectivity index (χ3n) is 11.9. The molecule has 0 unspecified atom stereocenters. The van der Waals surface area contributed by atoms with E-state index >= 15 is 0 Å². The van der Waals surface area contributed by atoms with Crippen LogP contribution in [0.25, 0.3) is 111 Å². The van der Waals surface area contributed by atoms with Gasteiger partial charge in [-0.25, -0.2) is 15.0 Å². The van der Waals surface area contributed by atoms with E-state index in [1.54, 1.807) is 0 Å². The molecule has 5 nitrogen and oxygen atoms in total. The number of rotatable bonds is 7. The van der Waals surface area contributed by atoms with E-state index in [1.807, 2.05) is 36.4 Å². The third-order valence-corrected chi connectivity index (χ3v) is 11.9. The van der Waals surface area contributed by atoms with E-state index in [9.17, 15) is 0 Å². The van der Waals surface area contributed by atoms with Crippen molar-refractivity contribution in [2.24, 2.45) is 0 Å². The molecule has 0 N–H and O–H groups in total. The van der Waals surface area contributed by atoms with Crippen LogP contribution in [-0.2, 0) is 0 Å². The van der Waals surface area contributed by atoms with Gasteiger partial charge in [0.1, 0.15) is 0 Å². The molecule has 0 aliphatic heterocycles. The molecule has 0 amide bonds. The van der Waals surface area contributed by atoms with Gasteiger partial charge in [-0.15, -0.1) is 0 Å². The molecule has 0 fully saturated rings. The second-order valence-electron chi connectivity index (χ2n) is 15.6. The van der Waals surface area contributed by atoms with Crippen LogP contribution in [0.2, 0.25) is 0 Å². The second-order valence-corrected chi connectivity index (χ2v) is 15.6.